The van der Waals surface area contributed by atoms with Gasteiger partial charge in [-0.1, -0.05) is 0 Å². The maximum Gasteiger partial charge on any atom is 0.223 e. The maximum atomic E-state index is 13.1. The standard InChI is InChI=1S/C13H14FN3O/c14-11-5-9(8-15)6-12(7-11)16-3-4-17-13(18)10-1-2-10/h5-7,10,16H,1-4H2,(H,17,18). The van der Waals surface area contributed by atoms with Crippen LogP contribution in [0.3, 0.4) is 0 Å². The summed E-state index contributed by atoms with van der Waals surface area (Å²) in [5.74, 6) is -0.156. The average Bonchev–Trinajstić information content (AvgIpc) is 3.17. The van der Waals surface area contributed by atoms with E-state index in [1.54, 1.807) is 6.07 Å². The third-order valence-corrected chi connectivity index (χ3v) is 2.73. The Kier molecular flexibility index (Phi) is 3.78. The molecule has 0 radical (unpaired) electrons. The number of carbonyl (C=O) groups excluding carboxylic acids is 1. The number of halogens is 1. The molecule has 0 saturated heterocycles. The molecule has 1 aromatic rings. The van der Waals surface area contributed by atoms with E-state index in [4.69, 9.17) is 5.26 Å². The number of rotatable bonds is 5. The van der Waals surface area contributed by atoms with E-state index in [-0.39, 0.29) is 17.4 Å². The molecule has 1 saturated carbocycles. The molecule has 4 nitrogen and oxygen atoms in total. The highest BCUT2D eigenvalue weighted by molar-refractivity contribution is 5.80. The second-order valence-corrected chi connectivity index (χ2v) is 4.33. The molecular formula is C13H14FN3O. The second-order valence-electron chi connectivity index (χ2n) is 4.33. The van der Waals surface area contributed by atoms with Crippen molar-refractivity contribution in [2.75, 3.05) is 18.4 Å². The van der Waals surface area contributed by atoms with Crippen LogP contribution >= 0.6 is 0 Å². The number of carbonyl (C=O) groups is 1. The van der Waals surface area contributed by atoms with Gasteiger partial charge in [0, 0.05) is 24.7 Å². The van der Waals surface area contributed by atoms with Crippen LogP contribution in [0.1, 0.15) is 18.4 Å². The van der Waals surface area contributed by atoms with Gasteiger partial charge in [0.05, 0.1) is 11.6 Å². The molecule has 0 aliphatic heterocycles. The Labute approximate surface area is 105 Å². The van der Waals surface area contributed by atoms with Gasteiger partial charge in [-0.3, -0.25) is 4.79 Å². The zero-order chi connectivity index (χ0) is 13.0. The number of anilines is 1. The molecule has 0 unspecified atom stereocenters. The monoisotopic (exact) mass is 247 g/mol. The molecule has 0 atom stereocenters. The van der Waals surface area contributed by atoms with Crippen molar-refractivity contribution in [1.82, 2.24) is 5.32 Å². The van der Waals surface area contributed by atoms with Crippen molar-refractivity contribution in [3.8, 4) is 6.07 Å². The van der Waals surface area contributed by atoms with E-state index in [0.717, 1.165) is 12.8 Å². The minimum absolute atomic E-state index is 0.0914. The zero-order valence-electron chi connectivity index (χ0n) is 9.87. The van der Waals surface area contributed by atoms with Crippen LogP contribution in [-0.2, 0) is 4.79 Å². The van der Waals surface area contributed by atoms with Crippen molar-refractivity contribution in [2.24, 2.45) is 5.92 Å². The largest absolute Gasteiger partial charge is 0.383 e. The van der Waals surface area contributed by atoms with Crippen molar-refractivity contribution in [3.05, 3.63) is 29.6 Å². The Balaban J connectivity index is 1.77. The lowest BCUT2D eigenvalue weighted by Crippen LogP contribution is -2.29. The first-order valence-corrected chi connectivity index (χ1v) is 5.91. The molecule has 1 fully saturated rings. The molecule has 1 aromatic carbocycles. The van der Waals surface area contributed by atoms with Crippen LogP contribution < -0.4 is 10.6 Å². The Hall–Kier alpha value is -2.09. The molecule has 2 rings (SSSR count). The molecule has 5 heteroatoms. The van der Waals surface area contributed by atoms with Crippen LogP contribution in [0.2, 0.25) is 0 Å². The van der Waals surface area contributed by atoms with Crippen LogP contribution in [0.25, 0.3) is 0 Å². The van der Waals surface area contributed by atoms with E-state index in [1.165, 1.54) is 12.1 Å². The summed E-state index contributed by atoms with van der Waals surface area (Å²) in [6.07, 6.45) is 1.96. The minimum atomic E-state index is -0.446. The summed E-state index contributed by atoms with van der Waals surface area (Å²) in [6, 6.07) is 5.97. The lowest BCUT2D eigenvalue weighted by atomic mass is 10.2. The van der Waals surface area contributed by atoms with Gasteiger partial charge in [0.15, 0.2) is 0 Å². The summed E-state index contributed by atoms with van der Waals surface area (Å²) >= 11 is 0. The van der Waals surface area contributed by atoms with Gasteiger partial charge >= 0.3 is 0 Å². The van der Waals surface area contributed by atoms with Crippen molar-refractivity contribution < 1.29 is 9.18 Å². The third kappa shape index (κ3) is 3.45. The smallest absolute Gasteiger partial charge is 0.223 e. The molecule has 18 heavy (non-hydrogen) atoms. The van der Waals surface area contributed by atoms with Crippen LogP contribution in [0, 0.1) is 23.1 Å². The molecular weight excluding hydrogens is 233 g/mol. The van der Waals surface area contributed by atoms with Gasteiger partial charge < -0.3 is 10.6 Å². The van der Waals surface area contributed by atoms with Crippen LogP contribution in [-0.4, -0.2) is 19.0 Å². The molecule has 2 N–H and O–H groups in total. The van der Waals surface area contributed by atoms with E-state index >= 15 is 0 Å². The summed E-state index contributed by atoms with van der Waals surface area (Å²) in [5, 5.41) is 14.5. The summed E-state index contributed by atoms with van der Waals surface area (Å²) in [6.45, 7) is 1.00. The zero-order valence-corrected chi connectivity index (χ0v) is 9.87. The number of hydrogen-bond donors (Lipinski definition) is 2. The topological polar surface area (TPSA) is 64.9 Å². The van der Waals surface area contributed by atoms with Crippen LogP contribution in [0.5, 0.6) is 0 Å². The van der Waals surface area contributed by atoms with E-state index in [2.05, 4.69) is 10.6 Å². The van der Waals surface area contributed by atoms with Crippen molar-refractivity contribution in [1.29, 1.82) is 5.26 Å². The fourth-order valence-electron chi connectivity index (χ4n) is 1.64. The normalized spacial score (nSPS) is 13.8. The number of hydrogen-bond acceptors (Lipinski definition) is 3. The lowest BCUT2D eigenvalue weighted by molar-refractivity contribution is -0.122. The highest BCUT2D eigenvalue weighted by atomic mass is 19.1. The summed E-state index contributed by atoms with van der Waals surface area (Å²) in [5.41, 5.74) is 0.826. The highest BCUT2D eigenvalue weighted by Crippen LogP contribution is 2.28. The molecule has 94 valence electrons. The van der Waals surface area contributed by atoms with Gasteiger partial charge in [0.2, 0.25) is 5.91 Å². The molecule has 0 spiro atoms. The Morgan fingerprint density at radius 2 is 2.17 bits per heavy atom. The maximum absolute atomic E-state index is 13.1. The highest BCUT2D eigenvalue weighted by Gasteiger charge is 2.28. The van der Waals surface area contributed by atoms with Gasteiger partial charge in [0.25, 0.3) is 0 Å². The summed E-state index contributed by atoms with van der Waals surface area (Å²) in [7, 11) is 0. The van der Waals surface area contributed by atoms with E-state index in [1.807, 2.05) is 6.07 Å². The van der Waals surface area contributed by atoms with E-state index in [0.29, 0.717) is 18.8 Å². The number of amides is 1. The summed E-state index contributed by atoms with van der Waals surface area (Å²) in [4.78, 5) is 11.3. The fourth-order valence-corrected chi connectivity index (χ4v) is 1.64. The number of nitriles is 1. The first kappa shape index (κ1) is 12.4. The van der Waals surface area contributed by atoms with Crippen LogP contribution in [0.4, 0.5) is 10.1 Å². The molecule has 0 heterocycles. The number of benzene rings is 1. The second kappa shape index (κ2) is 5.50. The number of nitrogens with one attached hydrogen (secondary N) is 2. The summed E-state index contributed by atoms with van der Waals surface area (Å²) < 4.78 is 13.1. The van der Waals surface area contributed by atoms with E-state index in [9.17, 15) is 9.18 Å². The molecule has 1 aliphatic carbocycles. The minimum Gasteiger partial charge on any atom is -0.383 e. The lowest BCUT2D eigenvalue weighted by Gasteiger charge is -2.08. The van der Waals surface area contributed by atoms with Gasteiger partial charge in [-0.2, -0.15) is 5.26 Å². The van der Waals surface area contributed by atoms with E-state index < -0.39 is 5.82 Å². The average molecular weight is 247 g/mol. The predicted octanol–water partition coefficient (Wildman–Crippen LogP) is 1.64. The Bertz CT molecular complexity index is 491. The van der Waals surface area contributed by atoms with Gasteiger partial charge in [-0.15, -0.1) is 0 Å². The first-order chi connectivity index (χ1) is 8.69. The SMILES string of the molecule is N#Cc1cc(F)cc(NCCNC(=O)C2CC2)c1. The predicted molar refractivity (Wildman–Crippen MR) is 65.3 cm³/mol. The van der Waals surface area contributed by atoms with Crippen molar-refractivity contribution in [2.45, 2.75) is 12.8 Å². The van der Waals surface area contributed by atoms with Gasteiger partial charge in [-0.05, 0) is 31.0 Å². The fraction of sp³-hybridized carbons (Fsp3) is 0.385. The number of nitrogens with zero attached hydrogens (tertiary/aromatic N) is 1. The Morgan fingerprint density at radius 1 is 1.39 bits per heavy atom. The molecule has 0 bridgehead atoms. The molecule has 1 aliphatic rings. The van der Waals surface area contributed by atoms with Crippen molar-refractivity contribution in [3.63, 3.8) is 0 Å². The van der Waals surface area contributed by atoms with Crippen LogP contribution in [0.15, 0.2) is 18.2 Å². The van der Waals surface area contributed by atoms with Gasteiger partial charge in [0.1, 0.15) is 5.82 Å². The molecule has 1 amide bonds. The van der Waals surface area contributed by atoms with Crippen molar-refractivity contribution >= 4 is 11.6 Å². The van der Waals surface area contributed by atoms with Gasteiger partial charge in [-0.25, -0.2) is 4.39 Å². The third-order valence-electron chi connectivity index (χ3n) is 2.73. The quantitative estimate of drug-likeness (QED) is 0.777. The molecule has 0 aromatic heterocycles. The first-order valence-electron chi connectivity index (χ1n) is 5.91. The Morgan fingerprint density at radius 3 is 2.83 bits per heavy atom.